The van der Waals surface area contributed by atoms with Crippen molar-refractivity contribution in [3.05, 3.63) is 39.7 Å². The number of rotatable bonds is 2. The van der Waals surface area contributed by atoms with Gasteiger partial charge in [0.05, 0.1) is 0 Å². The average molecular weight is 252 g/mol. The van der Waals surface area contributed by atoms with Crippen LogP contribution in [0.3, 0.4) is 0 Å². The van der Waals surface area contributed by atoms with E-state index in [9.17, 15) is 9.59 Å². The molecule has 2 aromatic rings. The number of anilines is 1. The van der Waals surface area contributed by atoms with E-state index in [-0.39, 0.29) is 5.56 Å². The van der Waals surface area contributed by atoms with Crippen LogP contribution in [0.2, 0.25) is 0 Å². The zero-order chi connectivity index (χ0) is 12.6. The Morgan fingerprint density at radius 1 is 1.41 bits per heavy atom. The topological polar surface area (TPSA) is 59.3 Å². The molecule has 0 saturated carbocycles. The Morgan fingerprint density at radius 3 is 2.71 bits per heavy atom. The van der Waals surface area contributed by atoms with Gasteiger partial charge >= 0.3 is 5.63 Å². The number of halogens is 1. The smallest absolute Gasteiger partial charge is 0.348 e. The maximum atomic E-state index is 11.6. The zero-order valence-corrected chi connectivity index (χ0v) is 10.1. The third-order valence-corrected chi connectivity index (χ3v) is 2.84. The van der Waals surface area contributed by atoms with E-state index in [4.69, 9.17) is 16.0 Å². The highest BCUT2D eigenvalue weighted by Crippen LogP contribution is 2.23. The Hall–Kier alpha value is -1.81. The van der Waals surface area contributed by atoms with Gasteiger partial charge in [0.2, 0.25) is 0 Å². The fourth-order valence-electron chi connectivity index (χ4n) is 1.74. The first kappa shape index (κ1) is 11.7. The van der Waals surface area contributed by atoms with E-state index in [2.05, 4.69) is 5.32 Å². The molecular formula is C12H10ClNO3. The monoisotopic (exact) mass is 251 g/mol. The van der Waals surface area contributed by atoms with E-state index >= 15 is 0 Å². The largest absolute Gasteiger partial charge is 0.422 e. The molecule has 0 aliphatic heterocycles. The van der Waals surface area contributed by atoms with Crippen molar-refractivity contribution in [3.63, 3.8) is 0 Å². The van der Waals surface area contributed by atoms with E-state index in [1.807, 2.05) is 6.07 Å². The first-order valence-electron chi connectivity index (χ1n) is 4.99. The van der Waals surface area contributed by atoms with Crippen LogP contribution in [0.25, 0.3) is 11.0 Å². The van der Waals surface area contributed by atoms with Crippen molar-refractivity contribution in [1.82, 2.24) is 0 Å². The standard InChI is InChI=1S/C12H10ClNO3/c1-6-8-4-3-7(14-2)5-9(8)17-12(16)10(6)11(13)15/h3-5,14H,1-2H3. The minimum atomic E-state index is -0.796. The lowest BCUT2D eigenvalue weighted by atomic mass is 10.1. The van der Waals surface area contributed by atoms with Gasteiger partial charge in [-0.05, 0) is 36.2 Å². The van der Waals surface area contributed by atoms with Gasteiger partial charge in [0.1, 0.15) is 11.1 Å². The molecule has 0 fully saturated rings. The molecule has 1 N–H and O–H groups in total. The summed E-state index contributed by atoms with van der Waals surface area (Å²) in [6.07, 6.45) is 0. The average Bonchev–Trinajstić information content (AvgIpc) is 2.27. The van der Waals surface area contributed by atoms with Crippen LogP contribution in [0.4, 0.5) is 5.69 Å². The molecule has 0 saturated heterocycles. The number of benzene rings is 1. The lowest BCUT2D eigenvalue weighted by Crippen LogP contribution is -2.12. The molecule has 5 heteroatoms. The summed E-state index contributed by atoms with van der Waals surface area (Å²) in [5.74, 6) is 0. The number of carbonyl (C=O) groups is 1. The van der Waals surface area contributed by atoms with Crippen LogP contribution in [-0.4, -0.2) is 12.3 Å². The summed E-state index contributed by atoms with van der Waals surface area (Å²) in [7, 11) is 1.77. The van der Waals surface area contributed by atoms with Crippen molar-refractivity contribution in [2.24, 2.45) is 0 Å². The molecule has 17 heavy (non-hydrogen) atoms. The van der Waals surface area contributed by atoms with Gasteiger partial charge in [-0.1, -0.05) is 0 Å². The Morgan fingerprint density at radius 2 is 2.12 bits per heavy atom. The minimum absolute atomic E-state index is 0.101. The molecular weight excluding hydrogens is 242 g/mol. The van der Waals surface area contributed by atoms with Gasteiger partial charge in [-0.15, -0.1) is 0 Å². The molecule has 4 nitrogen and oxygen atoms in total. The van der Waals surface area contributed by atoms with Crippen LogP contribution < -0.4 is 10.9 Å². The highest BCUT2D eigenvalue weighted by atomic mass is 35.5. The molecule has 1 aromatic carbocycles. The summed E-state index contributed by atoms with van der Waals surface area (Å²) in [5.41, 5.74) is 0.990. The fraction of sp³-hybridized carbons (Fsp3) is 0.167. The van der Waals surface area contributed by atoms with Gasteiger partial charge in [0.15, 0.2) is 0 Å². The molecule has 0 radical (unpaired) electrons. The second-order valence-corrected chi connectivity index (χ2v) is 3.97. The van der Waals surface area contributed by atoms with Gasteiger partial charge in [0, 0.05) is 24.2 Å². The van der Waals surface area contributed by atoms with Crippen LogP contribution in [0.15, 0.2) is 27.4 Å². The van der Waals surface area contributed by atoms with Crippen molar-refractivity contribution in [3.8, 4) is 0 Å². The van der Waals surface area contributed by atoms with Crippen molar-refractivity contribution >= 4 is 33.5 Å². The fourth-order valence-corrected chi connectivity index (χ4v) is 1.96. The van der Waals surface area contributed by atoms with Crippen LogP contribution in [-0.2, 0) is 0 Å². The number of nitrogens with one attached hydrogen (secondary N) is 1. The van der Waals surface area contributed by atoms with Crippen LogP contribution in [0.1, 0.15) is 15.9 Å². The van der Waals surface area contributed by atoms with Crippen LogP contribution in [0.5, 0.6) is 0 Å². The van der Waals surface area contributed by atoms with Crippen molar-refractivity contribution in [2.45, 2.75) is 6.92 Å². The van der Waals surface area contributed by atoms with Crippen molar-refractivity contribution in [2.75, 3.05) is 12.4 Å². The molecule has 0 aliphatic carbocycles. The third kappa shape index (κ3) is 1.91. The van der Waals surface area contributed by atoms with Crippen LogP contribution in [0, 0.1) is 6.92 Å². The number of carbonyl (C=O) groups excluding carboxylic acids is 1. The van der Waals surface area contributed by atoms with E-state index in [0.717, 1.165) is 5.69 Å². The van der Waals surface area contributed by atoms with Gasteiger partial charge < -0.3 is 9.73 Å². The van der Waals surface area contributed by atoms with Gasteiger partial charge in [0.25, 0.3) is 5.24 Å². The molecule has 0 spiro atoms. The maximum Gasteiger partial charge on any atom is 0.348 e. The van der Waals surface area contributed by atoms with Gasteiger partial charge in [-0.25, -0.2) is 4.79 Å². The van der Waals surface area contributed by atoms with E-state index in [1.165, 1.54) is 0 Å². The molecule has 0 aliphatic rings. The minimum Gasteiger partial charge on any atom is -0.422 e. The van der Waals surface area contributed by atoms with E-state index < -0.39 is 10.9 Å². The van der Waals surface area contributed by atoms with Crippen LogP contribution >= 0.6 is 11.6 Å². The maximum absolute atomic E-state index is 11.6. The lowest BCUT2D eigenvalue weighted by Gasteiger charge is -2.06. The molecule has 2 rings (SSSR count). The predicted octanol–water partition coefficient (Wildman–Crippen LogP) is 2.52. The van der Waals surface area contributed by atoms with E-state index in [0.29, 0.717) is 16.5 Å². The number of fused-ring (bicyclic) bond motifs is 1. The number of hydrogen-bond acceptors (Lipinski definition) is 4. The summed E-state index contributed by atoms with van der Waals surface area (Å²) in [4.78, 5) is 22.7. The normalized spacial score (nSPS) is 10.5. The Balaban J connectivity index is 2.86. The van der Waals surface area contributed by atoms with Crippen molar-refractivity contribution in [1.29, 1.82) is 0 Å². The SMILES string of the molecule is CNc1ccc2c(C)c(C(=O)Cl)c(=O)oc2c1. The molecule has 0 bridgehead atoms. The Kier molecular flexibility index (Phi) is 2.90. The zero-order valence-electron chi connectivity index (χ0n) is 9.33. The summed E-state index contributed by atoms with van der Waals surface area (Å²) in [6.45, 7) is 1.67. The first-order valence-corrected chi connectivity index (χ1v) is 5.37. The lowest BCUT2D eigenvalue weighted by molar-refractivity contribution is 0.107. The molecule has 0 amide bonds. The predicted molar refractivity (Wildman–Crippen MR) is 67.0 cm³/mol. The second kappa shape index (κ2) is 4.22. The first-order chi connectivity index (χ1) is 8.04. The molecule has 88 valence electrons. The van der Waals surface area contributed by atoms with Crippen molar-refractivity contribution < 1.29 is 9.21 Å². The van der Waals surface area contributed by atoms with Gasteiger partial charge in [-0.2, -0.15) is 0 Å². The highest BCUT2D eigenvalue weighted by molar-refractivity contribution is 6.68. The molecule has 0 unspecified atom stereocenters. The Labute approximate surface area is 102 Å². The molecule has 1 heterocycles. The summed E-state index contributed by atoms with van der Waals surface area (Å²) >= 11 is 5.36. The second-order valence-electron chi connectivity index (χ2n) is 3.62. The van der Waals surface area contributed by atoms with E-state index in [1.54, 1.807) is 26.1 Å². The summed E-state index contributed by atoms with van der Waals surface area (Å²) < 4.78 is 5.08. The number of aryl methyl sites for hydroxylation is 1. The molecule has 0 atom stereocenters. The summed E-state index contributed by atoms with van der Waals surface area (Å²) in [5, 5.41) is 2.85. The Bertz CT molecular complexity index is 661. The molecule has 1 aromatic heterocycles. The quantitative estimate of drug-likeness (QED) is 0.658. The number of hydrogen-bond donors (Lipinski definition) is 1. The summed E-state index contributed by atoms with van der Waals surface area (Å²) in [6, 6.07) is 5.31. The highest BCUT2D eigenvalue weighted by Gasteiger charge is 2.16. The third-order valence-electron chi connectivity index (χ3n) is 2.65. The van der Waals surface area contributed by atoms with Gasteiger partial charge in [-0.3, -0.25) is 4.79 Å².